The Morgan fingerprint density at radius 1 is 1.33 bits per heavy atom. The average Bonchev–Trinajstić information content (AvgIpc) is 2.44. The van der Waals surface area contributed by atoms with Crippen LogP contribution in [-0.2, 0) is 9.59 Å². The maximum atomic E-state index is 11.7. The van der Waals surface area contributed by atoms with E-state index in [1.807, 2.05) is 0 Å². The Kier molecular flexibility index (Phi) is 6.24. The maximum Gasteiger partial charge on any atom is 0.311 e. The van der Waals surface area contributed by atoms with Gasteiger partial charge in [0.2, 0.25) is 5.91 Å². The molecular formula is C15H17Cl2NO3. The largest absolute Gasteiger partial charge is 0.481 e. The molecule has 1 aromatic rings. The van der Waals surface area contributed by atoms with Gasteiger partial charge in [0.1, 0.15) is 0 Å². The third-order valence-electron chi connectivity index (χ3n) is 3.35. The molecule has 0 spiro atoms. The normalized spacial score (nSPS) is 13.9. The molecule has 0 saturated carbocycles. The number of carbonyl (C=O) groups excluding carboxylic acids is 1. The van der Waals surface area contributed by atoms with Crippen molar-refractivity contribution in [2.45, 2.75) is 20.3 Å². The number of aliphatic carboxylic acids is 1. The summed E-state index contributed by atoms with van der Waals surface area (Å²) in [5.74, 6) is -1.34. The maximum absolute atomic E-state index is 11.7. The first-order valence-corrected chi connectivity index (χ1v) is 7.19. The lowest BCUT2D eigenvalue weighted by Crippen LogP contribution is -2.40. The number of amides is 1. The van der Waals surface area contributed by atoms with E-state index in [-0.39, 0.29) is 6.54 Å². The van der Waals surface area contributed by atoms with Crippen molar-refractivity contribution in [1.82, 2.24) is 5.32 Å². The van der Waals surface area contributed by atoms with Crippen molar-refractivity contribution >= 4 is 41.2 Å². The fourth-order valence-corrected chi connectivity index (χ4v) is 2.05. The van der Waals surface area contributed by atoms with Crippen LogP contribution in [0, 0.1) is 5.41 Å². The third-order valence-corrected chi connectivity index (χ3v) is 4.01. The summed E-state index contributed by atoms with van der Waals surface area (Å²) in [6, 6.07) is 5.05. The Morgan fingerprint density at radius 3 is 2.38 bits per heavy atom. The SMILES string of the molecule is CCC(C)(CNC(=O)/C=C/c1c(Cl)cccc1Cl)C(=O)O. The van der Waals surface area contributed by atoms with E-state index in [9.17, 15) is 9.59 Å². The van der Waals surface area contributed by atoms with Crippen LogP contribution in [0.25, 0.3) is 6.08 Å². The predicted octanol–water partition coefficient (Wildman–Crippen LogP) is 3.62. The lowest BCUT2D eigenvalue weighted by Gasteiger charge is -2.22. The van der Waals surface area contributed by atoms with Crippen LogP contribution in [0.4, 0.5) is 0 Å². The van der Waals surface area contributed by atoms with Gasteiger partial charge in [-0.1, -0.05) is 36.2 Å². The highest BCUT2D eigenvalue weighted by Crippen LogP contribution is 2.25. The first-order chi connectivity index (χ1) is 9.80. The van der Waals surface area contributed by atoms with Crippen LogP contribution in [0.1, 0.15) is 25.8 Å². The smallest absolute Gasteiger partial charge is 0.311 e. The van der Waals surface area contributed by atoms with E-state index in [2.05, 4.69) is 5.32 Å². The number of carbonyl (C=O) groups is 2. The van der Waals surface area contributed by atoms with E-state index < -0.39 is 17.3 Å². The van der Waals surface area contributed by atoms with Crippen LogP contribution < -0.4 is 5.32 Å². The minimum absolute atomic E-state index is 0.0538. The average molecular weight is 330 g/mol. The minimum atomic E-state index is -0.981. The zero-order valence-electron chi connectivity index (χ0n) is 11.8. The number of carboxylic acid groups (broad SMARTS) is 1. The monoisotopic (exact) mass is 329 g/mol. The van der Waals surface area contributed by atoms with Crippen LogP contribution in [0.15, 0.2) is 24.3 Å². The van der Waals surface area contributed by atoms with E-state index in [0.717, 1.165) is 0 Å². The van der Waals surface area contributed by atoms with Crippen molar-refractivity contribution < 1.29 is 14.7 Å². The summed E-state index contributed by atoms with van der Waals surface area (Å²) in [5.41, 5.74) is -0.432. The quantitative estimate of drug-likeness (QED) is 0.783. The van der Waals surface area contributed by atoms with Crippen molar-refractivity contribution in [3.63, 3.8) is 0 Å². The molecule has 114 valence electrons. The van der Waals surface area contributed by atoms with Gasteiger partial charge in [-0.15, -0.1) is 0 Å². The predicted molar refractivity (Wildman–Crippen MR) is 84.5 cm³/mol. The molecule has 1 aromatic carbocycles. The summed E-state index contributed by atoms with van der Waals surface area (Å²) in [7, 11) is 0. The van der Waals surface area contributed by atoms with Gasteiger partial charge in [0.25, 0.3) is 0 Å². The van der Waals surface area contributed by atoms with Crippen molar-refractivity contribution in [1.29, 1.82) is 0 Å². The molecule has 1 amide bonds. The molecule has 0 saturated heterocycles. The van der Waals surface area contributed by atoms with E-state index >= 15 is 0 Å². The summed E-state index contributed by atoms with van der Waals surface area (Å²) in [6.45, 7) is 3.40. The van der Waals surface area contributed by atoms with Crippen molar-refractivity contribution in [3.8, 4) is 0 Å². The Hall–Kier alpha value is -1.52. The van der Waals surface area contributed by atoms with Crippen LogP contribution in [-0.4, -0.2) is 23.5 Å². The van der Waals surface area contributed by atoms with Crippen molar-refractivity contribution in [3.05, 3.63) is 39.9 Å². The standard InChI is InChI=1S/C15H17Cl2NO3/c1-3-15(2,14(20)21)9-18-13(19)8-7-10-11(16)5-4-6-12(10)17/h4-8H,3,9H2,1-2H3,(H,18,19)(H,20,21)/b8-7+. The van der Waals surface area contributed by atoms with Gasteiger partial charge in [0, 0.05) is 28.2 Å². The number of hydrogen-bond donors (Lipinski definition) is 2. The molecule has 0 radical (unpaired) electrons. The molecule has 21 heavy (non-hydrogen) atoms. The van der Waals surface area contributed by atoms with Gasteiger partial charge in [0.05, 0.1) is 5.41 Å². The number of carboxylic acids is 1. The summed E-state index contributed by atoms with van der Waals surface area (Å²) in [5, 5.41) is 12.6. The second-order valence-corrected chi connectivity index (χ2v) is 5.72. The van der Waals surface area contributed by atoms with Gasteiger partial charge < -0.3 is 10.4 Å². The second-order valence-electron chi connectivity index (χ2n) is 4.91. The Labute approximate surface area is 133 Å². The summed E-state index contributed by atoms with van der Waals surface area (Å²) in [6.07, 6.45) is 3.21. The van der Waals surface area contributed by atoms with Gasteiger partial charge in [-0.3, -0.25) is 9.59 Å². The van der Waals surface area contributed by atoms with E-state index in [1.54, 1.807) is 32.0 Å². The van der Waals surface area contributed by atoms with E-state index in [4.69, 9.17) is 28.3 Å². The van der Waals surface area contributed by atoms with Gasteiger partial charge in [0.15, 0.2) is 0 Å². The molecule has 1 rings (SSSR count). The fourth-order valence-electron chi connectivity index (χ4n) is 1.52. The van der Waals surface area contributed by atoms with Crippen molar-refractivity contribution in [2.24, 2.45) is 5.41 Å². The Morgan fingerprint density at radius 2 is 1.90 bits per heavy atom. The molecule has 0 aliphatic carbocycles. The molecule has 0 aromatic heterocycles. The second kappa shape index (κ2) is 7.48. The minimum Gasteiger partial charge on any atom is -0.481 e. The van der Waals surface area contributed by atoms with E-state index in [0.29, 0.717) is 22.0 Å². The first-order valence-electron chi connectivity index (χ1n) is 6.43. The molecule has 0 fully saturated rings. The molecular weight excluding hydrogens is 313 g/mol. The lowest BCUT2D eigenvalue weighted by atomic mass is 9.88. The van der Waals surface area contributed by atoms with E-state index in [1.165, 1.54) is 12.2 Å². The number of hydrogen-bond acceptors (Lipinski definition) is 2. The summed E-state index contributed by atoms with van der Waals surface area (Å²) in [4.78, 5) is 22.9. The fraction of sp³-hybridized carbons (Fsp3) is 0.333. The third kappa shape index (κ3) is 4.76. The number of nitrogens with one attached hydrogen (secondary N) is 1. The van der Waals surface area contributed by atoms with Gasteiger partial charge in [-0.05, 0) is 31.6 Å². The zero-order chi connectivity index (χ0) is 16.0. The van der Waals surface area contributed by atoms with Crippen LogP contribution in [0.3, 0.4) is 0 Å². The van der Waals surface area contributed by atoms with Gasteiger partial charge in [-0.25, -0.2) is 0 Å². The number of benzene rings is 1. The molecule has 4 nitrogen and oxygen atoms in total. The highest BCUT2D eigenvalue weighted by Gasteiger charge is 2.31. The Balaban J connectivity index is 2.70. The van der Waals surface area contributed by atoms with Gasteiger partial charge >= 0.3 is 5.97 Å². The molecule has 0 bridgehead atoms. The van der Waals surface area contributed by atoms with Gasteiger partial charge in [-0.2, -0.15) is 0 Å². The first kappa shape index (κ1) is 17.5. The highest BCUT2D eigenvalue weighted by molar-refractivity contribution is 6.37. The van der Waals surface area contributed by atoms with Crippen LogP contribution >= 0.6 is 23.2 Å². The zero-order valence-corrected chi connectivity index (χ0v) is 13.3. The van der Waals surface area contributed by atoms with Crippen molar-refractivity contribution in [2.75, 3.05) is 6.54 Å². The summed E-state index contributed by atoms with van der Waals surface area (Å²) < 4.78 is 0. The lowest BCUT2D eigenvalue weighted by molar-refractivity contribution is -0.148. The molecule has 0 aliphatic rings. The molecule has 0 heterocycles. The molecule has 0 aliphatic heterocycles. The summed E-state index contributed by atoms with van der Waals surface area (Å²) >= 11 is 12.0. The Bertz CT molecular complexity index is 552. The highest BCUT2D eigenvalue weighted by atomic mass is 35.5. The number of rotatable bonds is 6. The molecule has 2 N–H and O–H groups in total. The molecule has 6 heteroatoms. The topological polar surface area (TPSA) is 66.4 Å². The number of halogens is 2. The molecule has 1 atom stereocenters. The molecule has 1 unspecified atom stereocenters. The van der Waals surface area contributed by atoms with Crippen LogP contribution in [0.2, 0.25) is 10.0 Å². The van der Waals surface area contributed by atoms with Crippen LogP contribution in [0.5, 0.6) is 0 Å².